The second-order valence-electron chi connectivity index (χ2n) is 4.87. The van der Waals surface area contributed by atoms with E-state index in [9.17, 15) is 19.7 Å². The van der Waals surface area contributed by atoms with E-state index in [1.54, 1.807) is 42.5 Å². The summed E-state index contributed by atoms with van der Waals surface area (Å²) in [6.07, 6.45) is -0.00506. The normalized spacial score (nSPS) is 10.1. The number of hydrogen-bond acceptors (Lipinski definition) is 5. The first-order valence-electron chi connectivity index (χ1n) is 7.04. The summed E-state index contributed by atoms with van der Waals surface area (Å²) in [6, 6.07) is 15.2. The number of aryl methyl sites for hydroxylation is 1. The van der Waals surface area contributed by atoms with Crippen molar-refractivity contribution in [2.45, 2.75) is 19.4 Å². The monoisotopic (exact) mass is 313 g/mol. The molecule has 0 aliphatic rings. The highest BCUT2D eigenvalue weighted by Gasteiger charge is 2.18. The first kappa shape index (κ1) is 16.4. The number of nitro benzene ring substituents is 1. The molecule has 0 fully saturated rings. The standard InChI is InChI=1S/C17H15NO5/c19-16(17(20)23-12-13-6-2-1-3-7-13)11-10-14-8-4-5-9-15(14)18(21)22/h1-9H,10-12H2. The van der Waals surface area contributed by atoms with Gasteiger partial charge in [0, 0.05) is 18.1 Å². The van der Waals surface area contributed by atoms with Gasteiger partial charge in [0.2, 0.25) is 5.78 Å². The van der Waals surface area contributed by atoms with E-state index >= 15 is 0 Å². The fourth-order valence-electron chi connectivity index (χ4n) is 2.05. The van der Waals surface area contributed by atoms with Crippen LogP contribution in [0.2, 0.25) is 0 Å². The fourth-order valence-corrected chi connectivity index (χ4v) is 2.05. The highest BCUT2D eigenvalue weighted by molar-refractivity contribution is 6.33. The van der Waals surface area contributed by atoms with Gasteiger partial charge in [-0.2, -0.15) is 0 Å². The molecular formula is C17H15NO5. The molecule has 0 atom stereocenters. The summed E-state index contributed by atoms with van der Waals surface area (Å²) in [5, 5.41) is 10.9. The molecule has 0 aromatic heterocycles. The number of nitro groups is 1. The molecule has 0 spiro atoms. The average molecular weight is 313 g/mol. The molecule has 0 radical (unpaired) electrons. The lowest BCUT2D eigenvalue weighted by Gasteiger charge is -2.05. The molecule has 0 aliphatic carbocycles. The Bertz CT molecular complexity index is 712. The van der Waals surface area contributed by atoms with Crippen LogP contribution in [0, 0.1) is 10.1 Å². The highest BCUT2D eigenvalue weighted by atomic mass is 16.6. The zero-order valence-corrected chi connectivity index (χ0v) is 12.3. The second-order valence-corrected chi connectivity index (χ2v) is 4.87. The zero-order chi connectivity index (χ0) is 16.7. The number of benzene rings is 2. The summed E-state index contributed by atoms with van der Waals surface area (Å²) >= 11 is 0. The lowest BCUT2D eigenvalue weighted by molar-refractivity contribution is -0.385. The molecule has 0 amide bonds. The van der Waals surface area contributed by atoms with Gasteiger partial charge in [-0.05, 0) is 12.0 Å². The Morgan fingerprint density at radius 3 is 2.35 bits per heavy atom. The molecule has 23 heavy (non-hydrogen) atoms. The van der Waals surface area contributed by atoms with E-state index in [-0.39, 0.29) is 25.1 Å². The molecule has 6 nitrogen and oxygen atoms in total. The van der Waals surface area contributed by atoms with E-state index in [0.29, 0.717) is 5.56 Å². The van der Waals surface area contributed by atoms with E-state index in [4.69, 9.17) is 4.74 Å². The van der Waals surface area contributed by atoms with Crippen molar-refractivity contribution in [2.75, 3.05) is 0 Å². The van der Waals surface area contributed by atoms with Crippen LogP contribution in [-0.4, -0.2) is 16.7 Å². The molecule has 0 bridgehead atoms. The van der Waals surface area contributed by atoms with Gasteiger partial charge in [0.05, 0.1) is 4.92 Å². The number of rotatable bonds is 7. The van der Waals surface area contributed by atoms with Gasteiger partial charge in [0.25, 0.3) is 5.69 Å². The molecule has 6 heteroatoms. The Morgan fingerprint density at radius 1 is 1.00 bits per heavy atom. The Balaban J connectivity index is 1.87. The lowest BCUT2D eigenvalue weighted by atomic mass is 10.1. The number of hydrogen-bond donors (Lipinski definition) is 0. The Kier molecular flexibility index (Phi) is 5.57. The van der Waals surface area contributed by atoms with Gasteiger partial charge in [-0.15, -0.1) is 0 Å². The van der Waals surface area contributed by atoms with Crippen molar-refractivity contribution in [3.63, 3.8) is 0 Å². The Hall–Kier alpha value is -3.02. The number of para-hydroxylation sites is 1. The molecule has 0 heterocycles. The second kappa shape index (κ2) is 7.84. The number of carbonyl (C=O) groups is 2. The maximum Gasteiger partial charge on any atom is 0.374 e. The van der Waals surface area contributed by atoms with Crippen LogP contribution in [0.25, 0.3) is 0 Å². The van der Waals surface area contributed by atoms with Crippen LogP contribution in [0.4, 0.5) is 5.69 Å². The summed E-state index contributed by atoms with van der Waals surface area (Å²) in [7, 11) is 0. The minimum atomic E-state index is -0.924. The SMILES string of the molecule is O=C(CCc1ccccc1[N+](=O)[O-])C(=O)OCc1ccccc1. The number of ether oxygens (including phenoxy) is 1. The summed E-state index contributed by atoms with van der Waals surface area (Å²) < 4.78 is 4.93. The van der Waals surface area contributed by atoms with E-state index in [0.717, 1.165) is 5.56 Å². The molecule has 2 rings (SSSR count). The van der Waals surface area contributed by atoms with Gasteiger partial charge in [-0.1, -0.05) is 48.5 Å². The van der Waals surface area contributed by atoms with Gasteiger partial charge in [-0.25, -0.2) is 4.79 Å². The molecule has 2 aromatic carbocycles. The smallest absolute Gasteiger partial charge is 0.374 e. The third-order valence-electron chi connectivity index (χ3n) is 3.25. The van der Waals surface area contributed by atoms with Gasteiger partial charge >= 0.3 is 5.97 Å². The van der Waals surface area contributed by atoms with Crippen molar-refractivity contribution < 1.29 is 19.2 Å². The van der Waals surface area contributed by atoms with Crippen molar-refractivity contribution in [3.05, 3.63) is 75.8 Å². The van der Waals surface area contributed by atoms with E-state index in [2.05, 4.69) is 0 Å². The number of nitrogens with zero attached hydrogens (tertiary/aromatic N) is 1. The van der Waals surface area contributed by atoms with E-state index < -0.39 is 16.7 Å². The highest BCUT2D eigenvalue weighted by Crippen LogP contribution is 2.19. The van der Waals surface area contributed by atoms with Crippen LogP contribution in [0.5, 0.6) is 0 Å². The predicted molar refractivity (Wildman–Crippen MR) is 82.7 cm³/mol. The number of carbonyl (C=O) groups excluding carboxylic acids is 2. The molecule has 0 saturated heterocycles. The van der Waals surface area contributed by atoms with Crippen molar-refractivity contribution >= 4 is 17.4 Å². The first-order chi connectivity index (χ1) is 11.1. The molecule has 0 N–H and O–H groups in total. The minimum absolute atomic E-state index is 0.0247. The molecule has 0 saturated carbocycles. The van der Waals surface area contributed by atoms with Crippen LogP contribution in [-0.2, 0) is 27.4 Å². The largest absolute Gasteiger partial charge is 0.455 e. The van der Waals surface area contributed by atoms with Crippen molar-refractivity contribution in [1.82, 2.24) is 0 Å². The number of ketones is 1. The van der Waals surface area contributed by atoms with Crippen LogP contribution >= 0.6 is 0 Å². The van der Waals surface area contributed by atoms with Gasteiger partial charge in [0.1, 0.15) is 6.61 Å². The lowest BCUT2D eigenvalue weighted by Crippen LogP contribution is -2.18. The third-order valence-corrected chi connectivity index (χ3v) is 3.25. The van der Waals surface area contributed by atoms with E-state index in [1.807, 2.05) is 6.07 Å². The fraction of sp³-hybridized carbons (Fsp3) is 0.176. The minimum Gasteiger partial charge on any atom is -0.455 e. The molecule has 0 unspecified atom stereocenters. The predicted octanol–water partition coefficient (Wildman–Crippen LogP) is 2.84. The molecular weight excluding hydrogens is 298 g/mol. The number of Topliss-reactive ketones (excluding diaryl/α,β-unsaturated/α-hetero) is 1. The summed E-state index contributed by atoms with van der Waals surface area (Å²) in [6.45, 7) is 0.0247. The Morgan fingerprint density at radius 2 is 1.65 bits per heavy atom. The Labute approximate surface area is 132 Å². The molecule has 0 aliphatic heterocycles. The first-order valence-corrected chi connectivity index (χ1v) is 7.04. The maximum atomic E-state index is 11.8. The third kappa shape index (κ3) is 4.74. The summed E-state index contributed by atoms with van der Waals surface area (Å²) in [4.78, 5) is 33.8. The van der Waals surface area contributed by atoms with E-state index in [1.165, 1.54) is 6.07 Å². The number of esters is 1. The van der Waals surface area contributed by atoms with Crippen molar-refractivity contribution in [3.8, 4) is 0 Å². The topological polar surface area (TPSA) is 86.5 Å². The van der Waals surface area contributed by atoms with Crippen LogP contribution in [0.1, 0.15) is 17.5 Å². The van der Waals surface area contributed by atoms with Crippen molar-refractivity contribution in [2.24, 2.45) is 0 Å². The summed E-state index contributed by atoms with van der Waals surface area (Å²) in [5.41, 5.74) is 1.15. The molecule has 118 valence electrons. The van der Waals surface area contributed by atoms with Crippen molar-refractivity contribution in [1.29, 1.82) is 0 Å². The van der Waals surface area contributed by atoms with Crippen LogP contribution < -0.4 is 0 Å². The van der Waals surface area contributed by atoms with Gasteiger partial charge in [-0.3, -0.25) is 14.9 Å². The van der Waals surface area contributed by atoms with Gasteiger partial charge in [0.15, 0.2) is 0 Å². The van der Waals surface area contributed by atoms with Crippen LogP contribution in [0.3, 0.4) is 0 Å². The zero-order valence-electron chi connectivity index (χ0n) is 12.3. The maximum absolute atomic E-state index is 11.8. The summed E-state index contributed by atoms with van der Waals surface area (Å²) in [5.74, 6) is -1.62. The van der Waals surface area contributed by atoms with Gasteiger partial charge < -0.3 is 4.74 Å². The average Bonchev–Trinajstić information content (AvgIpc) is 2.58. The molecule has 2 aromatic rings. The quantitative estimate of drug-likeness (QED) is 0.339. The van der Waals surface area contributed by atoms with Crippen LogP contribution in [0.15, 0.2) is 54.6 Å².